The molecule has 1 amide bonds. The minimum absolute atomic E-state index is 0.0238. The minimum Gasteiger partial charge on any atom is -0.349 e. The normalized spacial score (nSPS) is 22.0. The van der Waals surface area contributed by atoms with Gasteiger partial charge in [-0.05, 0) is 50.5 Å². The van der Waals surface area contributed by atoms with Crippen molar-refractivity contribution >= 4 is 29.3 Å². The van der Waals surface area contributed by atoms with E-state index in [1.165, 1.54) is 12.8 Å². The molecule has 2 rings (SSSR count). The summed E-state index contributed by atoms with van der Waals surface area (Å²) in [6.45, 7) is 2.09. The molecule has 1 aliphatic rings. The van der Waals surface area contributed by atoms with E-state index in [9.17, 15) is 4.79 Å². The van der Waals surface area contributed by atoms with Crippen molar-refractivity contribution in [1.82, 2.24) is 10.3 Å². The molecule has 116 valence electrons. The predicted octanol–water partition coefficient (Wildman–Crippen LogP) is 4.09. The summed E-state index contributed by atoms with van der Waals surface area (Å²) in [4.78, 5) is 16.6. The van der Waals surface area contributed by atoms with Gasteiger partial charge >= 0.3 is 0 Å². The molecule has 1 aromatic heterocycles. The van der Waals surface area contributed by atoms with E-state index in [0.29, 0.717) is 16.8 Å². The Bertz CT molecular complexity index is 487. The molecule has 1 saturated carbocycles. The average Bonchev–Trinajstić information content (AvgIpc) is 2.48. The Morgan fingerprint density at radius 2 is 2.10 bits per heavy atom. The van der Waals surface area contributed by atoms with Crippen LogP contribution in [0.2, 0.25) is 5.15 Å². The lowest BCUT2D eigenvalue weighted by molar-refractivity contribution is 0.0928. The Kier molecular flexibility index (Phi) is 6.37. The molecule has 0 spiro atoms. The maximum Gasteiger partial charge on any atom is 0.251 e. The van der Waals surface area contributed by atoms with Crippen molar-refractivity contribution in [1.29, 1.82) is 0 Å². The fourth-order valence-electron chi connectivity index (χ4n) is 2.78. The van der Waals surface area contributed by atoms with Crippen LogP contribution in [0.5, 0.6) is 0 Å². The Morgan fingerprint density at radius 1 is 1.38 bits per heavy atom. The number of nitrogens with one attached hydrogen (secondary N) is 1. The number of hydrogen-bond donors (Lipinski definition) is 1. The molecular formula is C16H23ClN2OS. The highest BCUT2D eigenvalue weighted by Crippen LogP contribution is 2.27. The zero-order valence-corrected chi connectivity index (χ0v) is 14.3. The molecule has 1 aliphatic carbocycles. The van der Waals surface area contributed by atoms with Crippen molar-refractivity contribution in [3.63, 3.8) is 0 Å². The van der Waals surface area contributed by atoms with Crippen molar-refractivity contribution in [3.05, 3.63) is 28.5 Å². The molecule has 0 unspecified atom stereocenters. The van der Waals surface area contributed by atoms with Crippen LogP contribution in [0.3, 0.4) is 0 Å². The topological polar surface area (TPSA) is 42.0 Å². The van der Waals surface area contributed by atoms with Crippen LogP contribution in [-0.2, 0) is 6.42 Å². The van der Waals surface area contributed by atoms with Gasteiger partial charge in [0.05, 0.1) is 0 Å². The highest BCUT2D eigenvalue weighted by atomic mass is 35.5. The molecule has 0 aromatic carbocycles. The number of rotatable bonds is 5. The second-order valence-corrected chi connectivity index (χ2v) is 7.13. The van der Waals surface area contributed by atoms with Crippen molar-refractivity contribution in [2.45, 2.75) is 56.7 Å². The van der Waals surface area contributed by atoms with Gasteiger partial charge in [0, 0.05) is 22.5 Å². The van der Waals surface area contributed by atoms with Crippen molar-refractivity contribution in [2.24, 2.45) is 0 Å². The van der Waals surface area contributed by atoms with E-state index < -0.39 is 0 Å². The van der Waals surface area contributed by atoms with Gasteiger partial charge in [0.25, 0.3) is 5.91 Å². The molecule has 1 heterocycles. The molecule has 0 atom stereocenters. The number of thioether (sulfide) groups is 1. The first-order chi connectivity index (χ1) is 10.1. The summed E-state index contributed by atoms with van der Waals surface area (Å²) in [7, 11) is 0. The predicted molar refractivity (Wildman–Crippen MR) is 90.3 cm³/mol. The molecule has 5 heteroatoms. The Labute approximate surface area is 136 Å². The minimum atomic E-state index is -0.0238. The third-order valence-electron chi connectivity index (χ3n) is 3.96. The zero-order chi connectivity index (χ0) is 15.2. The molecule has 0 aliphatic heterocycles. The van der Waals surface area contributed by atoms with Crippen molar-refractivity contribution < 1.29 is 4.79 Å². The molecule has 21 heavy (non-hydrogen) atoms. The molecule has 1 aromatic rings. The second-order valence-electron chi connectivity index (χ2n) is 5.60. The van der Waals surface area contributed by atoms with Gasteiger partial charge in [-0.15, -0.1) is 0 Å². The molecular weight excluding hydrogens is 304 g/mol. The molecule has 1 N–H and O–H groups in total. The first-order valence-corrected chi connectivity index (χ1v) is 9.29. The lowest BCUT2D eigenvalue weighted by atomic mass is 9.94. The molecule has 0 radical (unpaired) electrons. The second kappa shape index (κ2) is 8.04. The third kappa shape index (κ3) is 4.89. The highest BCUT2D eigenvalue weighted by Gasteiger charge is 2.22. The van der Waals surface area contributed by atoms with Gasteiger partial charge in [0.2, 0.25) is 0 Å². The van der Waals surface area contributed by atoms with Crippen LogP contribution >= 0.6 is 23.4 Å². The monoisotopic (exact) mass is 326 g/mol. The number of aromatic nitrogens is 1. The van der Waals surface area contributed by atoms with Gasteiger partial charge in [-0.2, -0.15) is 11.8 Å². The third-order valence-corrected chi connectivity index (χ3v) is 5.29. The summed E-state index contributed by atoms with van der Waals surface area (Å²) in [5, 5.41) is 4.30. The zero-order valence-electron chi connectivity index (χ0n) is 12.7. The van der Waals surface area contributed by atoms with E-state index in [4.69, 9.17) is 11.6 Å². The van der Waals surface area contributed by atoms with E-state index in [1.807, 2.05) is 17.8 Å². The number of halogens is 1. The Hall–Kier alpha value is -0.740. The summed E-state index contributed by atoms with van der Waals surface area (Å²) in [6, 6.07) is 3.81. The van der Waals surface area contributed by atoms with Crippen LogP contribution in [0.15, 0.2) is 12.1 Å². The summed E-state index contributed by atoms with van der Waals surface area (Å²) in [6.07, 6.45) is 8.51. The smallest absolute Gasteiger partial charge is 0.251 e. The van der Waals surface area contributed by atoms with Crippen LogP contribution in [0.1, 0.15) is 55.1 Å². The molecule has 0 saturated heterocycles. The number of pyridine rings is 1. The van der Waals surface area contributed by atoms with E-state index in [1.54, 1.807) is 6.07 Å². The van der Waals surface area contributed by atoms with E-state index >= 15 is 0 Å². The van der Waals surface area contributed by atoms with Gasteiger partial charge in [0.1, 0.15) is 5.15 Å². The molecule has 1 fully saturated rings. The average molecular weight is 327 g/mol. The quantitative estimate of drug-likeness (QED) is 0.829. The summed E-state index contributed by atoms with van der Waals surface area (Å²) >= 11 is 7.95. The SMILES string of the molecule is CCCc1cc(C(=O)NC2CCC(SC)CC2)cc(Cl)n1. The number of carbonyl (C=O) groups is 1. The van der Waals surface area contributed by atoms with Gasteiger partial charge in [-0.25, -0.2) is 4.98 Å². The summed E-state index contributed by atoms with van der Waals surface area (Å²) < 4.78 is 0. The number of nitrogens with zero attached hydrogens (tertiary/aromatic N) is 1. The summed E-state index contributed by atoms with van der Waals surface area (Å²) in [5.74, 6) is -0.0238. The van der Waals surface area contributed by atoms with Gasteiger partial charge in [0.15, 0.2) is 0 Å². The first kappa shape index (κ1) is 16.6. The Balaban J connectivity index is 1.97. The van der Waals surface area contributed by atoms with Gasteiger partial charge in [-0.3, -0.25) is 4.79 Å². The van der Waals surface area contributed by atoms with Crippen LogP contribution in [0, 0.1) is 0 Å². The lowest BCUT2D eigenvalue weighted by Gasteiger charge is -2.28. The van der Waals surface area contributed by atoms with E-state index in [0.717, 1.165) is 36.6 Å². The fourth-order valence-corrected chi connectivity index (χ4v) is 3.75. The highest BCUT2D eigenvalue weighted by molar-refractivity contribution is 7.99. The summed E-state index contributed by atoms with van der Waals surface area (Å²) in [5.41, 5.74) is 1.52. The van der Waals surface area contributed by atoms with E-state index in [-0.39, 0.29) is 5.91 Å². The number of carbonyl (C=O) groups excluding carboxylic acids is 1. The maximum absolute atomic E-state index is 12.4. The number of aryl methyl sites for hydroxylation is 1. The number of amides is 1. The fraction of sp³-hybridized carbons (Fsp3) is 0.625. The van der Waals surface area contributed by atoms with Crippen LogP contribution < -0.4 is 5.32 Å². The molecule has 3 nitrogen and oxygen atoms in total. The largest absolute Gasteiger partial charge is 0.349 e. The standard InChI is InChI=1S/C16H23ClN2OS/c1-3-4-13-9-11(10-15(17)18-13)16(20)19-12-5-7-14(21-2)8-6-12/h9-10,12,14H,3-8H2,1-2H3,(H,19,20). The maximum atomic E-state index is 12.4. The van der Waals surface area contributed by atoms with Crippen LogP contribution in [0.4, 0.5) is 0 Å². The van der Waals surface area contributed by atoms with Gasteiger partial charge in [-0.1, -0.05) is 24.9 Å². The van der Waals surface area contributed by atoms with Crippen molar-refractivity contribution in [3.8, 4) is 0 Å². The molecule has 0 bridgehead atoms. The Morgan fingerprint density at radius 3 is 2.71 bits per heavy atom. The first-order valence-electron chi connectivity index (χ1n) is 7.62. The van der Waals surface area contributed by atoms with E-state index in [2.05, 4.69) is 23.5 Å². The van der Waals surface area contributed by atoms with Gasteiger partial charge < -0.3 is 5.32 Å². The lowest BCUT2D eigenvalue weighted by Crippen LogP contribution is -2.38. The van der Waals surface area contributed by atoms with Crippen LogP contribution in [0.25, 0.3) is 0 Å². The number of hydrogen-bond acceptors (Lipinski definition) is 3. The van der Waals surface area contributed by atoms with Crippen LogP contribution in [-0.4, -0.2) is 28.4 Å². The van der Waals surface area contributed by atoms with Crippen molar-refractivity contribution in [2.75, 3.05) is 6.26 Å².